The van der Waals surface area contributed by atoms with Crippen LogP contribution in [-0.2, 0) is 13.1 Å². The van der Waals surface area contributed by atoms with Crippen LogP contribution in [0.1, 0.15) is 24.5 Å². The van der Waals surface area contributed by atoms with Gasteiger partial charge in [0.2, 0.25) is 0 Å². The molecule has 5 nitrogen and oxygen atoms in total. The minimum Gasteiger partial charge on any atom is -0.367 e. The van der Waals surface area contributed by atoms with Gasteiger partial charge in [-0.2, -0.15) is 0 Å². The summed E-state index contributed by atoms with van der Waals surface area (Å²) in [6.07, 6.45) is 0.860. The zero-order valence-electron chi connectivity index (χ0n) is 18.0. The van der Waals surface area contributed by atoms with Gasteiger partial charge in [-0.3, -0.25) is 0 Å². The van der Waals surface area contributed by atoms with Gasteiger partial charge in [0.15, 0.2) is 5.96 Å². The van der Waals surface area contributed by atoms with Crippen molar-refractivity contribution < 1.29 is 8.78 Å². The quantitative estimate of drug-likeness (QED) is 0.538. The molecule has 7 heteroatoms. The largest absolute Gasteiger partial charge is 0.367 e. The molecule has 1 saturated heterocycles. The average molecular weight is 416 g/mol. The molecule has 30 heavy (non-hydrogen) atoms. The van der Waals surface area contributed by atoms with Crippen molar-refractivity contribution in [3.63, 3.8) is 0 Å². The van der Waals surface area contributed by atoms with Crippen LogP contribution < -0.4 is 15.5 Å². The van der Waals surface area contributed by atoms with Crippen LogP contribution in [0, 0.1) is 11.6 Å². The molecule has 0 spiro atoms. The van der Waals surface area contributed by atoms with Gasteiger partial charge < -0.3 is 20.4 Å². The fourth-order valence-electron chi connectivity index (χ4n) is 3.72. The van der Waals surface area contributed by atoms with Crippen molar-refractivity contribution in [2.75, 3.05) is 38.6 Å². The second-order valence-corrected chi connectivity index (χ2v) is 7.87. The molecule has 1 atom stereocenters. The predicted molar refractivity (Wildman–Crippen MR) is 119 cm³/mol. The highest BCUT2D eigenvalue weighted by Crippen LogP contribution is 2.24. The molecule has 1 heterocycles. The van der Waals surface area contributed by atoms with Gasteiger partial charge in [-0.05, 0) is 50.7 Å². The number of aliphatic imine (C=N–C) groups is 1. The molecule has 1 fully saturated rings. The zero-order valence-corrected chi connectivity index (χ0v) is 18.0. The molecule has 0 radical (unpaired) electrons. The third-order valence-electron chi connectivity index (χ3n) is 5.14. The highest BCUT2D eigenvalue weighted by Gasteiger charge is 2.25. The molecule has 2 N–H and O–H groups in total. The normalized spacial score (nSPS) is 16.9. The van der Waals surface area contributed by atoms with Gasteiger partial charge in [-0.1, -0.05) is 24.3 Å². The first-order chi connectivity index (χ1) is 14.5. The number of benzene rings is 2. The first-order valence-electron chi connectivity index (χ1n) is 10.4. The fraction of sp³-hybridized carbons (Fsp3) is 0.435. The number of nitrogens with zero attached hydrogens (tertiary/aromatic N) is 3. The highest BCUT2D eigenvalue weighted by atomic mass is 19.1. The van der Waals surface area contributed by atoms with E-state index in [9.17, 15) is 8.78 Å². The lowest BCUT2D eigenvalue weighted by Gasteiger charge is -2.21. The standard InChI is InChI=1S/C23H31F2N5/c1-4-26-23(27-14-17-7-5-6-8-18(17)15-29(2)3)28-20-11-12-30(16-20)22-10-9-19(24)13-21(22)25/h5-10,13,20H,4,11-12,14-16H2,1-3H3,(H2,26,27,28). The third kappa shape index (κ3) is 5.92. The minimum atomic E-state index is -0.554. The van der Waals surface area contributed by atoms with E-state index < -0.39 is 11.6 Å². The van der Waals surface area contributed by atoms with E-state index in [4.69, 9.17) is 4.99 Å². The Hall–Kier alpha value is -2.67. The van der Waals surface area contributed by atoms with Crippen LogP contribution in [0.25, 0.3) is 0 Å². The van der Waals surface area contributed by atoms with Crippen LogP contribution in [0.2, 0.25) is 0 Å². The van der Waals surface area contributed by atoms with E-state index in [0.717, 1.165) is 31.5 Å². The number of nitrogens with one attached hydrogen (secondary N) is 2. The molecule has 3 rings (SSSR count). The van der Waals surface area contributed by atoms with E-state index in [1.807, 2.05) is 17.9 Å². The Labute approximate surface area is 177 Å². The van der Waals surface area contributed by atoms with Crippen molar-refractivity contribution in [3.05, 3.63) is 65.2 Å². The van der Waals surface area contributed by atoms with Crippen LogP contribution in [-0.4, -0.2) is 50.6 Å². The van der Waals surface area contributed by atoms with Crippen molar-refractivity contribution >= 4 is 11.6 Å². The van der Waals surface area contributed by atoms with Gasteiger partial charge in [0.05, 0.1) is 12.2 Å². The Morgan fingerprint density at radius 3 is 2.63 bits per heavy atom. The second kappa shape index (κ2) is 10.4. The molecule has 1 unspecified atom stereocenters. The molecule has 162 valence electrons. The van der Waals surface area contributed by atoms with Crippen LogP contribution in [0.3, 0.4) is 0 Å². The zero-order chi connectivity index (χ0) is 21.5. The van der Waals surface area contributed by atoms with Gasteiger partial charge in [0.1, 0.15) is 11.6 Å². The minimum absolute atomic E-state index is 0.143. The van der Waals surface area contributed by atoms with Gasteiger partial charge in [0.25, 0.3) is 0 Å². The fourth-order valence-corrected chi connectivity index (χ4v) is 3.72. The third-order valence-corrected chi connectivity index (χ3v) is 5.14. The smallest absolute Gasteiger partial charge is 0.191 e. The molecule has 1 aliphatic heterocycles. The van der Waals surface area contributed by atoms with E-state index in [-0.39, 0.29) is 6.04 Å². The van der Waals surface area contributed by atoms with Crippen LogP contribution in [0.15, 0.2) is 47.5 Å². The van der Waals surface area contributed by atoms with E-state index in [1.54, 1.807) is 0 Å². The number of halogens is 2. The maximum atomic E-state index is 14.1. The number of hydrogen-bond acceptors (Lipinski definition) is 3. The van der Waals surface area contributed by atoms with Crippen LogP contribution >= 0.6 is 0 Å². The average Bonchev–Trinajstić information content (AvgIpc) is 3.15. The Balaban J connectivity index is 1.65. The van der Waals surface area contributed by atoms with Gasteiger partial charge in [0, 0.05) is 38.3 Å². The molecule has 0 bridgehead atoms. The SMILES string of the molecule is CCNC(=NCc1ccccc1CN(C)C)NC1CCN(c2ccc(F)cc2F)C1. The van der Waals surface area contributed by atoms with Crippen molar-refractivity contribution in [1.82, 2.24) is 15.5 Å². The maximum Gasteiger partial charge on any atom is 0.191 e. The number of hydrogen-bond donors (Lipinski definition) is 2. The second-order valence-electron chi connectivity index (χ2n) is 7.87. The molecule has 0 aromatic heterocycles. The highest BCUT2D eigenvalue weighted by molar-refractivity contribution is 5.80. The Kier molecular flexibility index (Phi) is 7.63. The van der Waals surface area contributed by atoms with Crippen molar-refractivity contribution in [1.29, 1.82) is 0 Å². The van der Waals surface area contributed by atoms with E-state index in [1.165, 1.54) is 23.3 Å². The maximum absolute atomic E-state index is 14.1. The molecule has 2 aromatic carbocycles. The van der Waals surface area contributed by atoms with Gasteiger partial charge in [-0.15, -0.1) is 0 Å². The molecule has 2 aromatic rings. The predicted octanol–water partition coefficient (Wildman–Crippen LogP) is 3.36. The molecule has 1 aliphatic rings. The molecular weight excluding hydrogens is 384 g/mol. The lowest BCUT2D eigenvalue weighted by atomic mass is 10.1. The lowest BCUT2D eigenvalue weighted by Crippen LogP contribution is -2.44. The molecular formula is C23H31F2N5. The first-order valence-corrected chi connectivity index (χ1v) is 10.4. The summed E-state index contributed by atoms with van der Waals surface area (Å²) in [7, 11) is 4.11. The summed E-state index contributed by atoms with van der Waals surface area (Å²) < 4.78 is 27.3. The lowest BCUT2D eigenvalue weighted by molar-refractivity contribution is 0.401. The number of anilines is 1. The van der Waals surface area contributed by atoms with E-state index >= 15 is 0 Å². The monoisotopic (exact) mass is 415 g/mol. The summed E-state index contributed by atoms with van der Waals surface area (Å²) in [5.74, 6) is -0.321. The summed E-state index contributed by atoms with van der Waals surface area (Å²) in [4.78, 5) is 8.87. The number of guanidine groups is 1. The summed E-state index contributed by atoms with van der Waals surface area (Å²) in [6, 6.07) is 12.2. The van der Waals surface area contributed by atoms with Crippen LogP contribution in [0.4, 0.5) is 14.5 Å². The van der Waals surface area contributed by atoms with Gasteiger partial charge in [-0.25, -0.2) is 13.8 Å². The van der Waals surface area contributed by atoms with E-state index in [0.29, 0.717) is 25.3 Å². The Morgan fingerprint density at radius 1 is 1.17 bits per heavy atom. The molecule has 0 amide bonds. The van der Waals surface area contributed by atoms with E-state index in [2.05, 4.69) is 47.8 Å². The molecule has 0 aliphatic carbocycles. The van der Waals surface area contributed by atoms with Crippen molar-refractivity contribution in [2.45, 2.75) is 32.5 Å². The summed E-state index contributed by atoms with van der Waals surface area (Å²) >= 11 is 0. The molecule has 0 saturated carbocycles. The Bertz CT molecular complexity index is 868. The number of rotatable bonds is 7. The summed E-state index contributed by atoms with van der Waals surface area (Å²) in [5.41, 5.74) is 2.91. The van der Waals surface area contributed by atoms with Crippen molar-refractivity contribution in [2.24, 2.45) is 4.99 Å². The first kappa shape index (κ1) is 22.0. The summed E-state index contributed by atoms with van der Waals surface area (Å²) in [5, 5.41) is 6.77. The topological polar surface area (TPSA) is 42.9 Å². The van der Waals surface area contributed by atoms with Gasteiger partial charge >= 0.3 is 0 Å². The summed E-state index contributed by atoms with van der Waals surface area (Å²) in [6.45, 7) is 5.61. The van der Waals surface area contributed by atoms with Crippen molar-refractivity contribution in [3.8, 4) is 0 Å². The van der Waals surface area contributed by atoms with Crippen LogP contribution in [0.5, 0.6) is 0 Å². The Morgan fingerprint density at radius 2 is 1.93 bits per heavy atom.